The van der Waals surface area contributed by atoms with E-state index in [9.17, 15) is 22.4 Å². The minimum Gasteiger partial charge on any atom is -0.368 e. The lowest BCUT2D eigenvalue weighted by molar-refractivity contribution is -0.142. The average Bonchev–Trinajstić information content (AvgIpc) is 3.41. The number of nitrogens with zero attached hydrogens (tertiary/aromatic N) is 4. The standard InChI is InChI=1S/C19H20F4N4O/c20-14-3-5-15(6-4-14)25-7-9-26(10-8-25)18(28)12-27-16(13-1-2-13)11-17(24-27)19(21,22)23/h3-6,11,13H,1-2,7-10,12H2. The molecule has 1 saturated carbocycles. The predicted molar refractivity (Wildman–Crippen MR) is 94.4 cm³/mol. The van der Waals surface area contributed by atoms with Gasteiger partial charge in [-0.2, -0.15) is 18.3 Å². The maximum atomic E-state index is 13.0. The number of amides is 1. The van der Waals surface area contributed by atoms with Gasteiger partial charge in [-0.25, -0.2) is 4.39 Å². The Morgan fingerprint density at radius 2 is 1.71 bits per heavy atom. The van der Waals surface area contributed by atoms with Crippen molar-refractivity contribution >= 4 is 11.6 Å². The Hall–Kier alpha value is -2.58. The van der Waals surface area contributed by atoms with Crippen LogP contribution in [0.4, 0.5) is 23.2 Å². The first-order chi connectivity index (χ1) is 13.3. The highest BCUT2D eigenvalue weighted by molar-refractivity contribution is 5.76. The Balaban J connectivity index is 1.40. The zero-order chi connectivity index (χ0) is 19.9. The molecule has 0 atom stereocenters. The molecule has 2 aromatic rings. The average molecular weight is 396 g/mol. The largest absolute Gasteiger partial charge is 0.435 e. The van der Waals surface area contributed by atoms with Gasteiger partial charge in [0.25, 0.3) is 0 Å². The third-order valence-corrected chi connectivity index (χ3v) is 5.21. The summed E-state index contributed by atoms with van der Waals surface area (Å²) >= 11 is 0. The zero-order valence-corrected chi connectivity index (χ0v) is 15.1. The van der Waals surface area contributed by atoms with Crippen molar-refractivity contribution in [3.05, 3.63) is 47.5 Å². The van der Waals surface area contributed by atoms with E-state index < -0.39 is 11.9 Å². The summed E-state index contributed by atoms with van der Waals surface area (Å²) in [5, 5.41) is 3.65. The molecule has 2 heterocycles. The molecule has 0 bridgehead atoms. The molecule has 28 heavy (non-hydrogen) atoms. The highest BCUT2D eigenvalue weighted by Gasteiger charge is 2.38. The summed E-state index contributed by atoms with van der Waals surface area (Å²) in [5.41, 5.74) is 0.431. The van der Waals surface area contributed by atoms with Crippen LogP contribution < -0.4 is 4.90 Å². The van der Waals surface area contributed by atoms with Crippen molar-refractivity contribution < 1.29 is 22.4 Å². The Bertz CT molecular complexity index is 850. The maximum absolute atomic E-state index is 13.0. The summed E-state index contributed by atoms with van der Waals surface area (Å²) in [5.74, 6) is -0.481. The van der Waals surface area contributed by atoms with Crippen molar-refractivity contribution in [3.8, 4) is 0 Å². The number of hydrogen-bond acceptors (Lipinski definition) is 3. The van der Waals surface area contributed by atoms with Crippen LogP contribution in [0.2, 0.25) is 0 Å². The third kappa shape index (κ3) is 3.98. The summed E-state index contributed by atoms with van der Waals surface area (Å²) in [4.78, 5) is 16.3. The van der Waals surface area contributed by atoms with Crippen LogP contribution in [0, 0.1) is 5.82 Å². The maximum Gasteiger partial charge on any atom is 0.435 e. The Morgan fingerprint density at radius 1 is 1.07 bits per heavy atom. The predicted octanol–water partition coefficient (Wildman–Crippen LogP) is 3.27. The van der Waals surface area contributed by atoms with Gasteiger partial charge in [0.2, 0.25) is 5.91 Å². The Kier molecular flexibility index (Phi) is 4.76. The fraction of sp³-hybridized carbons (Fsp3) is 0.474. The van der Waals surface area contributed by atoms with Gasteiger partial charge in [0.1, 0.15) is 12.4 Å². The number of aromatic nitrogens is 2. The minimum atomic E-state index is -4.52. The molecule has 1 saturated heterocycles. The van der Waals surface area contributed by atoms with Crippen LogP contribution in [0.3, 0.4) is 0 Å². The molecule has 0 unspecified atom stereocenters. The monoisotopic (exact) mass is 396 g/mol. The zero-order valence-electron chi connectivity index (χ0n) is 15.1. The summed E-state index contributed by atoms with van der Waals surface area (Å²) in [6.07, 6.45) is -2.86. The van der Waals surface area contributed by atoms with E-state index in [1.165, 1.54) is 16.8 Å². The number of halogens is 4. The van der Waals surface area contributed by atoms with Crippen LogP contribution >= 0.6 is 0 Å². The van der Waals surface area contributed by atoms with Gasteiger partial charge in [-0.1, -0.05) is 0 Å². The first-order valence-corrected chi connectivity index (χ1v) is 9.24. The highest BCUT2D eigenvalue weighted by atomic mass is 19.4. The Labute approximate surface area is 159 Å². The molecule has 0 N–H and O–H groups in total. The van der Waals surface area contributed by atoms with Crippen LogP contribution in [-0.2, 0) is 17.5 Å². The molecule has 2 fully saturated rings. The number of carbonyl (C=O) groups excluding carboxylic acids is 1. The van der Waals surface area contributed by atoms with Crippen molar-refractivity contribution in [1.82, 2.24) is 14.7 Å². The molecule has 0 spiro atoms. The van der Waals surface area contributed by atoms with Gasteiger partial charge in [0.15, 0.2) is 5.69 Å². The third-order valence-electron chi connectivity index (χ3n) is 5.21. The normalized spacial score (nSPS) is 17.9. The molecule has 5 nitrogen and oxygen atoms in total. The van der Waals surface area contributed by atoms with E-state index in [0.29, 0.717) is 31.9 Å². The van der Waals surface area contributed by atoms with Crippen LogP contribution in [0.5, 0.6) is 0 Å². The van der Waals surface area contributed by atoms with E-state index in [4.69, 9.17) is 0 Å². The van der Waals surface area contributed by atoms with Gasteiger partial charge in [-0.15, -0.1) is 0 Å². The van der Waals surface area contributed by atoms with Gasteiger partial charge in [-0.3, -0.25) is 9.48 Å². The Morgan fingerprint density at radius 3 is 2.29 bits per heavy atom. The van der Waals surface area contributed by atoms with Gasteiger partial charge >= 0.3 is 6.18 Å². The number of hydrogen-bond donors (Lipinski definition) is 0. The second kappa shape index (κ2) is 7.10. The van der Waals surface area contributed by atoms with Crippen LogP contribution in [-0.4, -0.2) is 46.8 Å². The number of carbonyl (C=O) groups is 1. The molecule has 2 aliphatic rings. The number of anilines is 1. The summed E-state index contributed by atoms with van der Waals surface area (Å²) in [7, 11) is 0. The van der Waals surface area contributed by atoms with E-state index in [1.54, 1.807) is 17.0 Å². The van der Waals surface area contributed by atoms with Crippen molar-refractivity contribution in [1.29, 1.82) is 0 Å². The van der Waals surface area contributed by atoms with Gasteiger partial charge < -0.3 is 9.80 Å². The first kappa shape index (κ1) is 18.8. The van der Waals surface area contributed by atoms with Crippen LogP contribution in [0.1, 0.15) is 30.1 Å². The molecule has 150 valence electrons. The molecule has 4 rings (SSSR count). The molecule has 1 aromatic carbocycles. The van der Waals surface area contributed by atoms with Crippen LogP contribution in [0.15, 0.2) is 30.3 Å². The molecule has 1 aliphatic carbocycles. The fourth-order valence-corrected chi connectivity index (χ4v) is 3.50. The lowest BCUT2D eigenvalue weighted by atomic mass is 10.2. The van der Waals surface area contributed by atoms with Gasteiger partial charge in [0.05, 0.1) is 0 Å². The molecule has 9 heteroatoms. The van der Waals surface area contributed by atoms with E-state index in [1.807, 2.05) is 0 Å². The van der Waals surface area contributed by atoms with E-state index in [0.717, 1.165) is 24.6 Å². The second-order valence-electron chi connectivity index (χ2n) is 7.23. The lowest BCUT2D eigenvalue weighted by Crippen LogP contribution is -2.49. The summed E-state index contributed by atoms with van der Waals surface area (Å²) < 4.78 is 53.2. The molecular formula is C19H20F4N4O. The number of benzene rings is 1. The molecular weight excluding hydrogens is 376 g/mol. The number of piperazine rings is 1. The number of rotatable bonds is 4. The molecule has 0 radical (unpaired) electrons. The second-order valence-corrected chi connectivity index (χ2v) is 7.23. The SMILES string of the molecule is O=C(Cn1nc(C(F)(F)F)cc1C1CC1)N1CCN(c2ccc(F)cc2)CC1. The summed E-state index contributed by atoms with van der Waals surface area (Å²) in [6, 6.07) is 7.23. The molecule has 1 aliphatic heterocycles. The molecule has 1 aromatic heterocycles. The lowest BCUT2D eigenvalue weighted by Gasteiger charge is -2.36. The quantitative estimate of drug-likeness (QED) is 0.745. The van der Waals surface area contributed by atoms with Crippen molar-refractivity contribution in [2.45, 2.75) is 31.5 Å². The van der Waals surface area contributed by atoms with E-state index >= 15 is 0 Å². The van der Waals surface area contributed by atoms with Crippen molar-refractivity contribution in [2.75, 3.05) is 31.1 Å². The van der Waals surface area contributed by atoms with E-state index in [2.05, 4.69) is 10.00 Å². The smallest absolute Gasteiger partial charge is 0.368 e. The fourth-order valence-electron chi connectivity index (χ4n) is 3.50. The highest BCUT2D eigenvalue weighted by Crippen LogP contribution is 2.42. The number of alkyl halides is 3. The van der Waals surface area contributed by atoms with E-state index in [-0.39, 0.29) is 24.2 Å². The van der Waals surface area contributed by atoms with Crippen LogP contribution in [0.25, 0.3) is 0 Å². The topological polar surface area (TPSA) is 41.4 Å². The van der Waals surface area contributed by atoms with Gasteiger partial charge in [0, 0.05) is 43.5 Å². The summed E-state index contributed by atoms with van der Waals surface area (Å²) in [6.45, 7) is 1.91. The first-order valence-electron chi connectivity index (χ1n) is 9.24. The molecule has 1 amide bonds. The minimum absolute atomic E-state index is 0.0618. The van der Waals surface area contributed by atoms with Crippen molar-refractivity contribution in [3.63, 3.8) is 0 Å². The van der Waals surface area contributed by atoms with Crippen molar-refractivity contribution in [2.24, 2.45) is 0 Å². The van der Waals surface area contributed by atoms with Gasteiger partial charge in [-0.05, 0) is 43.2 Å².